The number of rotatable bonds is 3. The van der Waals surface area contributed by atoms with Gasteiger partial charge in [0.15, 0.2) is 0 Å². The van der Waals surface area contributed by atoms with Gasteiger partial charge < -0.3 is 10.0 Å². The zero-order valence-corrected chi connectivity index (χ0v) is 11.3. The Labute approximate surface area is 115 Å². The van der Waals surface area contributed by atoms with Crippen LogP contribution in [0.1, 0.15) is 18.6 Å². The van der Waals surface area contributed by atoms with Crippen molar-refractivity contribution in [1.29, 1.82) is 0 Å². The number of anilines is 1. The van der Waals surface area contributed by atoms with Crippen LogP contribution in [0.3, 0.4) is 0 Å². The van der Waals surface area contributed by atoms with Gasteiger partial charge in [-0.1, -0.05) is 0 Å². The van der Waals surface area contributed by atoms with E-state index in [9.17, 15) is 18.3 Å². The third kappa shape index (κ3) is 4.08. The Hall–Kier alpha value is -1.34. The largest absolute Gasteiger partial charge is 0.401 e. The molecule has 0 aliphatic carbocycles. The van der Waals surface area contributed by atoms with Crippen LogP contribution in [0.2, 0.25) is 0 Å². The number of nitrogens with zero attached hydrogens (tertiary/aromatic N) is 3. The second-order valence-electron chi connectivity index (χ2n) is 5.00. The van der Waals surface area contributed by atoms with E-state index in [2.05, 4.69) is 4.98 Å². The number of hydrogen-bond acceptors (Lipinski definition) is 4. The first kappa shape index (κ1) is 15.1. The predicted molar refractivity (Wildman–Crippen MR) is 69.6 cm³/mol. The van der Waals surface area contributed by atoms with Gasteiger partial charge in [0, 0.05) is 32.4 Å². The van der Waals surface area contributed by atoms with E-state index >= 15 is 0 Å². The first-order valence-corrected chi connectivity index (χ1v) is 6.53. The molecule has 7 heteroatoms. The molecule has 1 saturated heterocycles. The summed E-state index contributed by atoms with van der Waals surface area (Å²) in [7, 11) is 0. The molecule has 112 valence electrons. The third-order valence-electron chi connectivity index (χ3n) is 3.35. The summed E-state index contributed by atoms with van der Waals surface area (Å²) >= 11 is 0. The second-order valence-corrected chi connectivity index (χ2v) is 5.00. The Balaban J connectivity index is 1.95. The first-order chi connectivity index (χ1) is 9.35. The molecule has 1 aliphatic heterocycles. The number of aliphatic hydroxyl groups excluding tert-OH is 1. The average Bonchev–Trinajstić information content (AvgIpc) is 2.38. The van der Waals surface area contributed by atoms with Crippen molar-refractivity contribution in [2.45, 2.75) is 19.2 Å². The molecular weight excluding hydrogens is 271 g/mol. The maximum absolute atomic E-state index is 12.3. The molecule has 1 atom stereocenters. The molecule has 0 spiro atoms. The van der Waals surface area contributed by atoms with Crippen LogP contribution in [-0.2, 0) is 0 Å². The highest BCUT2D eigenvalue weighted by Gasteiger charge is 2.32. The number of alkyl halides is 3. The van der Waals surface area contributed by atoms with Crippen molar-refractivity contribution in [1.82, 2.24) is 9.88 Å². The average molecular weight is 289 g/mol. The van der Waals surface area contributed by atoms with Crippen molar-refractivity contribution in [2.75, 3.05) is 37.6 Å². The van der Waals surface area contributed by atoms with E-state index in [1.807, 2.05) is 4.90 Å². The van der Waals surface area contributed by atoms with E-state index in [-0.39, 0.29) is 0 Å². The molecule has 4 nitrogen and oxygen atoms in total. The van der Waals surface area contributed by atoms with Gasteiger partial charge in [-0.15, -0.1) is 0 Å². The lowest BCUT2D eigenvalue weighted by Gasteiger charge is -2.35. The molecule has 0 radical (unpaired) electrons. The zero-order valence-electron chi connectivity index (χ0n) is 11.3. The van der Waals surface area contributed by atoms with Gasteiger partial charge >= 0.3 is 6.18 Å². The van der Waals surface area contributed by atoms with Gasteiger partial charge in [-0.05, 0) is 24.6 Å². The van der Waals surface area contributed by atoms with Crippen molar-refractivity contribution in [3.8, 4) is 0 Å². The minimum absolute atomic E-state index is 0.361. The lowest BCUT2D eigenvalue weighted by Crippen LogP contribution is -2.49. The molecule has 1 aliphatic rings. The Morgan fingerprint density at radius 1 is 1.30 bits per heavy atom. The van der Waals surface area contributed by atoms with E-state index in [0.717, 1.165) is 5.56 Å². The predicted octanol–water partition coefficient (Wildman–Crippen LogP) is 1.82. The molecule has 0 aromatic carbocycles. The Morgan fingerprint density at radius 3 is 2.50 bits per heavy atom. The van der Waals surface area contributed by atoms with Crippen LogP contribution in [0.25, 0.3) is 0 Å². The lowest BCUT2D eigenvalue weighted by atomic mass is 10.1. The molecule has 1 aromatic heterocycles. The highest BCUT2D eigenvalue weighted by molar-refractivity contribution is 5.42. The number of halogens is 3. The van der Waals surface area contributed by atoms with Crippen molar-refractivity contribution < 1.29 is 18.3 Å². The molecule has 2 rings (SSSR count). The van der Waals surface area contributed by atoms with Crippen molar-refractivity contribution in [3.63, 3.8) is 0 Å². The minimum Gasteiger partial charge on any atom is -0.389 e. The quantitative estimate of drug-likeness (QED) is 0.921. The summed E-state index contributed by atoms with van der Waals surface area (Å²) in [5, 5.41) is 9.54. The van der Waals surface area contributed by atoms with Crippen LogP contribution in [0.4, 0.5) is 19.0 Å². The standard InChI is InChI=1S/C13H18F3N3O/c1-10(20)11-2-3-17-12(8-11)19-6-4-18(5-7-19)9-13(14,15)16/h2-3,8,10,20H,4-7,9H2,1H3. The van der Waals surface area contributed by atoms with Crippen LogP contribution < -0.4 is 4.90 Å². The normalized spacial score (nSPS) is 19.1. The fraction of sp³-hybridized carbons (Fsp3) is 0.615. The number of hydrogen-bond donors (Lipinski definition) is 1. The van der Waals surface area contributed by atoms with Crippen LogP contribution in [0, 0.1) is 0 Å². The molecule has 0 bridgehead atoms. The number of pyridine rings is 1. The molecule has 1 unspecified atom stereocenters. The fourth-order valence-corrected chi connectivity index (χ4v) is 2.26. The highest BCUT2D eigenvalue weighted by Crippen LogP contribution is 2.21. The second kappa shape index (κ2) is 5.97. The maximum Gasteiger partial charge on any atom is 0.401 e. The van der Waals surface area contributed by atoms with E-state index in [0.29, 0.717) is 32.0 Å². The molecule has 2 heterocycles. The number of piperazine rings is 1. The van der Waals surface area contributed by atoms with Gasteiger partial charge in [0.05, 0.1) is 12.6 Å². The summed E-state index contributed by atoms with van der Waals surface area (Å²) in [6.07, 6.45) is -3.12. The summed E-state index contributed by atoms with van der Waals surface area (Å²) in [6, 6.07) is 3.51. The van der Waals surface area contributed by atoms with E-state index in [1.54, 1.807) is 25.3 Å². The summed E-state index contributed by atoms with van der Waals surface area (Å²) in [5.41, 5.74) is 0.757. The van der Waals surface area contributed by atoms with E-state index in [4.69, 9.17) is 0 Å². The third-order valence-corrected chi connectivity index (χ3v) is 3.35. The smallest absolute Gasteiger partial charge is 0.389 e. The van der Waals surface area contributed by atoms with Crippen LogP contribution in [-0.4, -0.2) is 53.9 Å². The molecule has 0 amide bonds. The summed E-state index contributed by atoms with van der Waals surface area (Å²) in [5.74, 6) is 0.704. The minimum atomic E-state index is -4.15. The zero-order chi connectivity index (χ0) is 14.8. The fourth-order valence-electron chi connectivity index (χ4n) is 2.26. The summed E-state index contributed by atoms with van der Waals surface area (Å²) in [4.78, 5) is 7.56. The van der Waals surface area contributed by atoms with E-state index < -0.39 is 18.8 Å². The van der Waals surface area contributed by atoms with Crippen LogP contribution in [0.5, 0.6) is 0 Å². The molecule has 1 aromatic rings. The SMILES string of the molecule is CC(O)c1ccnc(N2CCN(CC(F)(F)F)CC2)c1. The topological polar surface area (TPSA) is 39.6 Å². The Bertz CT molecular complexity index is 443. The van der Waals surface area contributed by atoms with Gasteiger partial charge in [-0.25, -0.2) is 4.98 Å². The van der Waals surface area contributed by atoms with E-state index in [1.165, 1.54) is 4.90 Å². The molecular formula is C13H18F3N3O. The number of aromatic nitrogens is 1. The lowest BCUT2D eigenvalue weighted by molar-refractivity contribution is -0.146. The van der Waals surface area contributed by atoms with Gasteiger partial charge in [-0.2, -0.15) is 13.2 Å². The summed E-state index contributed by atoms with van der Waals surface area (Å²) < 4.78 is 36.9. The van der Waals surface area contributed by atoms with Gasteiger partial charge in [-0.3, -0.25) is 4.90 Å². The van der Waals surface area contributed by atoms with Gasteiger partial charge in [0.1, 0.15) is 5.82 Å². The van der Waals surface area contributed by atoms with Crippen molar-refractivity contribution in [3.05, 3.63) is 23.9 Å². The molecule has 1 fully saturated rings. The monoisotopic (exact) mass is 289 g/mol. The molecule has 1 N–H and O–H groups in total. The number of aliphatic hydroxyl groups is 1. The Kier molecular flexibility index (Phi) is 4.49. The maximum atomic E-state index is 12.3. The van der Waals surface area contributed by atoms with Crippen LogP contribution in [0.15, 0.2) is 18.3 Å². The molecule has 0 saturated carbocycles. The van der Waals surface area contributed by atoms with Crippen molar-refractivity contribution in [2.24, 2.45) is 0 Å². The first-order valence-electron chi connectivity index (χ1n) is 6.53. The molecule has 20 heavy (non-hydrogen) atoms. The van der Waals surface area contributed by atoms with Gasteiger partial charge in [0.25, 0.3) is 0 Å². The van der Waals surface area contributed by atoms with Gasteiger partial charge in [0.2, 0.25) is 0 Å². The summed E-state index contributed by atoms with van der Waals surface area (Å²) in [6.45, 7) is 2.54. The van der Waals surface area contributed by atoms with Crippen molar-refractivity contribution >= 4 is 5.82 Å². The van der Waals surface area contributed by atoms with Crippen LogP contribution >= 0.6 is 0 Å². The Morgan fingerprint density at radius 2 is 1.95 bits per heavy atom. The highest BCUT2D eigenvalue weighted by atomic mass is 19.4.